The van der Waals surface area contributed by atoms with Gasteiger partial charge in [0.1, 0.15) is 11.5 Å². The molecule has 0 aliphatic heterocycles. The lowest BCUT2D eigenvalue weighted by molar-refractivity contribution is -0.384. The highest BCUT2D eigenvalue weighted by Crippen LogP contribution is 2.28. The van der Waals surface area contributed by atoms with E-state index >= 15 is 0 Å². The second-order valence-electron chi connectivity index (χ2n) is 7.48. The van der Waals surface area contributed by atoms with E-state index in [1.807, 2.05) is 0 Å². The summed E-state index contributed by atoms with van der Waals surface area (Å²) in [7, 11) is 0. The molecule has 0 radical (unpaired) electrons. The number of halogens is 1. The molecule has 0 bridgehead atoms. The summed E-state index contributed by atoms with van der Waals surface area (Å²) < 4.78 is 18.4. The van der Waals surface area contributed by atoms with Gasteiger partial charge in [-0.1, -0.05) is 36.4 Å². The van der Waals surface area contributed by atoms with Crippen molar-refractivity contribution in [3.63, 3.8) is 0 Å². The van der Waals surface area contributed by atoms with Gasteiger partial charge in [0.25, 0.3) is 11.6 Å². The lowest BCUT2D eigenvalue weighted by atomic mass is 10.1. The largest absolute Gasteiger partial charge is 0.447 e. The van der Waals surface area contributed by atoms with Crippen LogP contribution in [-0.4, -0.2) is 22.6 Å². The van der Waals surface area contributed by atoms with E-state index in [-0.39, 0.29) is 35.6 Å². The summed E-state index contributed by atoms with van der Waals surface area (Å²) in [5.41, 5.74) is 0.910. The number of benzene rings is 3. The lowest BCUT2D eigenvalue weighted by Crippen LogP contribution is -2.26. The Morgan fingerprint density at radius 1 is 1.00 bits per heavy atom. The Kier molecular flexibility index (Phi) is 7.81. The molecule has 1 atom stereocenters. The van der Waals surface area contributed by atoms with Crippen LogP contribution in [-0.2, 0) is 14.3 Å². The number of nitrogens with one attached hydrogen (secondary N) is 1. The molecule has 0 fully saturated rings. The molecule has 0 saturated carbocycles. The van der Waals surface area contributed by atoms with Crippen molar-refractivity contribution in [1.82, 2.24) is 0 Å². The summed E-state index contributed by atoms with van der Waals surface area (Å²) >= 11 is 0. The SMILES string of the molecule is Cc1ccc(NC(=O)C(OC(=O)CCC(=O)c2ccc(F)cc2)c2ccccc2)c([N+](=O)[O-])c1. The van der Waals surface area contributed by atoms with E-state index in [0.29, 0.717) is 11.1 Å². The van der Waals surface area contributed by atoms with Crippen molar-refractivity contribution in [1.29, 1.82) is 0 Å². The number of nitrogens with zero attached hydrogens (tertiary/aromatic N) is 1. The zero-order valence-electron chi connectivity index (χ0n) is 18.2. The van der Waals surface area contributed by atoms with Crippen LogP contribution in [0.1, 0.15) is 40.4 Å². The Labute approximate surface area is 194 Å². The minimum absolute atomic E-state index is 0.0379. The fraction of sp³-hybridized carbons (Fsp3) is 0.160. The van der Waals surface area contributed by atoms with Crippen LogP contribution in [0.25, 0.3) is 0 Å². The zero-order chi connectivity index (χ0) is 24.7. The summed E-state index contributed by atoms with van der Waals surface area (Å²) in [5.74, 6) is -2.45. The fourth-order valence-electron chi connectivity index (χ4n) is 3.18. The van der Waals surface area contributed by atoms with Gasteiger partial charge >= 0.3 is 5.97 Å². The second kappa shape index (κ2) is 11.0. The fourth-order valence-corrected chi connectivity index (χ4v) is 3.18. The second-order valence-corrected chi connectivity index (χ2v) is 7.48. The van der Waals surface area contributed by atoms with E-state index in [1.54, 1.807) is 43.3 Å². The Morgan fingerprint density at radius 3 is 2.32 bits per heavy atom. The number of carbonyl (C=O) groups is 3. The standard InChI is InChI=1S/C25H21FN2O6/c1-16-7-12-20(21(15-16)28(32)33)27-25(31)24(18-5-3-2-4-6-18)34-23(30)14-13-22(29)17-8-10-19(26)11-9-17/h2-12,15,24H,13-14H2,1H3,(H,27,31). The van der Waals surface area contributed by atoms with Crippen LogP contribution in [0, 0.1) is 22.9 Å². The van der Waals surface area contributed by atoms with Crippen molar-refractivity contribution in [3.05, 3.63) is 105 Å². The molecule has 3 aromatic carbocycles. The normalized spacial score (nSPS) is 11.4. The van der Waals surface area contributed by atoms with Gasteiger partial charge in [-0.3, -0.25) is 24.5 Å². The third-order valence-electron chi connectivity index (χ3n) is 4.92. The molecule has 1 amide bonds. The van der Waals surface area contributed by atoms with E-state index in [0.717, 1.165) is 12.1 Å². The number of ether oxygens (including phenoxy) is 1. The molecule has 0 saturated heterocycles. The van der Waals surface area contributed by atoms with Gasteiger partial charge in [-0.05, 0) is 42.8 Å². The van der Waals surface area contributed by atoms with Gasteiger partial charge in [0.05, 0.1) is 11.3 Å². The van der Waals surface area contributed by atoms with Gasteiger partial charge in [0.15, 0.2) is 5.78 Å². The average Bonchev–Trinajstić information content (AvgIpc) is 2.83. The lowest BCUT2D eigenvalue weighted by Gasteiger charge is -2.18. The number of hydrogen-bond donors (Lipinski definition) is 1. The van der Waals surface area contributed by atoms with Crippen LogP contribution in [0.4, 0.5) is 15.8 Å². The summed E-state index contributed by atoms with van der Waals surface area (Å²) in [6.45, 7) is 1.68. The molecule has 8 nitrogen and oxygen atoms in total. The quantitative estimate of drug-likeness (QED) is 0.208. The number of carbonyl (C=O) groups excluding carboxylic acids is 3. The zero-order valence-corrected chi connectivity index (χ0v) is 18.2. The van der Waals surface area contributed by atoms with Crippen LogP contribution in [0.5, 0.6) is 0 Å². The van der Waals surface area contributed by atoms with E-state index in [4.69, 9.17) is 4.74 Å². The number of Topliss-reactive ketones (excluding diaryl/α,β-unsaturated/α-hetero) is 1. The monoisotopic (exact) mass is 464 g/mol. The topological polar surface area (TPSA) is 116 Å². The summed E-state index contributed by atoms with van der Waals surface area (Å²) in [6.07, 6.45) is -1.90. The van der Waals surface area contributed by atoms with Crippen molar-refractivity contribution >= 4 is 29.0 Å². The van der Waals surface area contributed by atoms with Crippen molar-refractivity contribution in [2.24, 2.45) is 0 Å². The van der Waals surface area contributed by atoms with E-state index < -0.39 is 28.7 Å². The van der Waals surface area contributed by atoms with Crippen molar-refractivity contribution in [2.75, 3.05) is 5.32 Å². The molecule has 0 aliphatic carbocycles. The highest BCUT2D eigenvalue weighted by Gasteiger charge is 2.27. The van der Waals surface area contributed by atoms with Crippen molar-refractivity contribution in [2.45, 2.75) is 25.9 Å². The number of nitro groups is 1. The van der Waals surface area contributed by atoms with Crippen LogP contribution >= 0.6 is 0 Å². The van der Waals surface area contributed by atoms with Crippen molar-refractivity contribution < 1.29 is 28.4 Å². The van der Waals surface area contributed by atoms with E-state index in [2.05, 4.69) is 5.32 Å². The maximum atomic E-state index is 13.0. The van der Waals surface area contributed by atoms with Gasteiger partial charge in [0, 0.05) is 23.6 Å². The predicted molar refractivity (Wildman–Crippen MR) is 122 cm³/mol. The van der Waals surface area contributed by atoms with Gasteiger partial charge in [-0.15, -0.1) is 0 Å². The Bertz CT molecular complexity index is 1210. The van der Waals surface area contributed by atoms with Gasteiger partial charge in [0.2, 0.25) is 6.10 Å². The molecule has 3 rings (SSSR count). The smallest absolute Gasteiger partial charge is 0.307 e. The number of rotatable bonds is 9. The molecule has 34 heavy (non-hydrogen) atoms. The first-order valence-corrected chi connectivity index (χ1v) is 10.3. The third-order valence-corrected chi connectivity index (χ3v) is 4.92. The van der Waals surface area contributed by atoms with E-state index in [1.165, 1.54) is 24.3 Å². The van der Waals surface area contributed by atoms with Crippen molar-refractivity contribution in [3.8, 4) is 0 Å². The average molecular weight is 464 g/mol. The minimum Gasteiger partial charge on any atom is -0.447 e. The number of aryl methyl sites for hydroxylation is 1. The Morgan fingerprint density at radius 2 is 1.68 bits per heavy atom. The molecule has 3 aromatic rings. The Hall–Kier alpha value is -4.40. The summed E-state index contributed by atoms with van der Waals surface area (Å²) in [5, 5.41) is 13.8. The van der Waals surface area contributed by atoms with Gasteiger partial charge < -0.3 is 10.1 Å². The molecule has 0 heterocycles. The number of ketones is 1. The molecular formula is C25H21FN2O6. The van der Waals surface area contributed by atoms with Crippen LogP contribution in [0.2, 0.25) is 0 Å². The first-order valence-electron chi connectivity index (χ1n) is 10.3. The molecule has 174 valence electrons. The third kappa shape index (κ3) is 6.32. The molecule has 0 aromatic heterocycles. The molecule has 9 heteroatoms. The first kappa shape index (κ1) is 24.2. The molecule has 0 spiro atoms. The molecule has 1 N–H and O–H groups in total. The number of esters is 1. The number of hydrogen-bond acceptors (Lipinski definition) is 6. The van der Waals surface area contributed by atoms with Crippen LogP contribution in [0.3, 0.4) is 0 Å². The summed E-state index contributed by atoms with van der Waals surface area (Å²) in [6, 6.07) is 17.4. The maximum absolute atomic E-state index is 13.0. The maximum Gasteiger partial charge on any atom is 0.307 e. The number of amides is 1. The number of anilines is 1. The molecule has 0 aliphatic rings. The highest BCUT2D eigenvalue weighted by atomic mass is 19.1. The predicted octanol–water partition coefficient (Wildman–Crippen LogP) is 4.93. The Balaban J connectivity index is 1.73. The van der Waals surface area contributed by atoms with Gasteiger partial charge in [-0.2, -0.15) is 0 Å². The van der Waals surface area contributed by atoms with Crippen LogP contribution in [0.15, 0.2) is 72.8 Å². The van der Waals surface area contributed by atoms with E-state index in [9.17, 15) is 28.9 Å². The molecular weight excluding hydrogens is 443 g/mol. The first-order chi connectivity index (χ1) is 16.2. The van der Waals surface area contributed by atoms with Crippen LogP contribution < -0.4 is 5.32 Å². The molecule has 1 unspecified atom stereocenters. The van der Waals surface area contributed by atoms with Gasteiger partial charge in [-0.25, -0.2) is 4.39 Å². The number of nitro benzene ring substituents is 1. The summed E-state index contributed by atoms with van der Waals surface area (Å²) in [4.78, 5) is 48.5. The highest BCUT2D eigenvalue weighted by molar-refractivity contribution is 5.99. The minimum atomic E-state index is -1.39.